The molecule has 0 saturated heterocycles. The molecule has 0 spiro atoms. The normalized spacial score (nSPS) is 11.3. The van der Waals surface area contributed by atoms with Crippen LogP contribution in [-0.2, 0) is 21.4 Å². The SMILES string of the molecule is CC(=O)N(C)c1ccc(N(C(=O)c2cccc(Cn3nc(C)c(Br)c3C)c2)S(C)(=O)=O)cc1. The van der Waals surface area contributed by atoms with Gasteiger partial charge in [0.2, 0.25) is 15.9 Å². The number of amides is 2. The van der Waals surface area contributed by atoms with E-state index in [1.54, 1.807) is 37.4 Å². The van der Waals surface area contributed by atoms with Gasteiger partial charge in [0, 0.05) is 25.2 Å². The van der Waals surface area contributed by atoms with Crippen LogP contribution < -0.4 is 9.21 Å². The van der Waals surface area contributed by atoms with E-state index in [0.717, 1.165) is 32.0 Å². The van der Waals surface area contributed by atoms with Crippen molar-refractivity contribution in [1.29, 1.82) is 0 Å². The number of hydrogen-bond donors (Lipinski definition) is 0. The van der Waals surface area contributed by atoms with Gasteiger partial charge in [-0.05, 0) is 71.7 Å². The molecule has 10 heteroatoms. The van der Waals surface area contributed by atoms with E-state index >= 15 is 0 Å². The van der Waals surface area contributed by atoms with Crippen LogP contribution in [0.15, 0.2) is 53.0 Å². The van der Waals surface area contributed by atoms with Crippen molar-refractivity contribution in [3.63, 3.8) is 0 Å². The van der Waals surface area contributed by atoms with Crippen LogP contribution in [0.3, 0.4) is 0 Å². The molecule has 0 radical (unpaired) electrons. The highest BCUT2D eigenvalue weighted by Gasteiger charge is 2.27. The predicted molar refractivity (Wildman–Crippen MR) is 132 cm³/mol. The lowest BCUT2D eigenvalue weighted by Crippen LogP contribution is -2.36. The maximum absolute atomic E-state index is 13.3. The second-order valence-electron chi connectivity index (χ2n) is 7.77. The minimum absolute atomic E-state index is 0.162. The van der Waals surface area contributed by atoms with Crippen LogP contribution in [0.2, 0.25) is 0 Å². The first-order chi connectivity index (χ1) is 15.4. The molecular weight excluding hydrogens is 508 g/mol. The van der Waals surface area contributed by atoms with Crippen molar-refractivity contribution in [2.45, 2.75) is 27.3 Å². The van der Waals surface area contributed by atoms with Crippen LogP contribution in [0, 0.1) is 13.8 Å². The van der Waals surface area contributed by atoms with Gasteiger partial charge in [-0.15, -0.1) is 0 Å². The fourth-order valence-corrected chi connectivity index (χ4v) is 4.57. The molecule has 1 heterocycles. The van der Waals surface area contributed by atoms with E-state index in [-0.39, 0.29) is 17.2 Å². The standard InChI is InChI=1S/C23H25BrN4O4S/c1-15-22(24)16(2)27(25-15)14-18-7-6-8-19(13-18)23(30)28(33(5,31)32)21-11-9-20(10-12-21)26(4)17(3)29/h6-13H,14H2,1-5H3. The van der Waals surface area contributed by atoms with Crippen LogP contribution in [0.5, 0.6) is 0 Å². The smallest absolute Gasteiger partial charge is 0.272 e. The summed E-state index contributed by atoms with van der Waals surface area (Å²) in [5.74, 6) is -0.827. The Morgan fingerprint density at radius 1 is 1.06 bits per heavy atom. The Morgan fingerprint density at radius 2 is 1.67 bits per heavy atom. The minimum atomic E-state index is -3.92. The van der Waals surface area contributed by atoms with Gasteiger partial charge in [-0.25, -0.2) is 12.7 Å². The average Bonchev–Trinajstić information content (AvgIpc) is 2.99. The number of halogens is 1. The Hall–Kier alpha value is -2.98. The van der Waals surface area contributed by atoms with Gasteiger partial charge in [-0.2, -0.15) is 5.10 Å². The van der Waals surface area contributed by atoms with Crippen LogP contribution in [-0.4, -0.2) is 43.3 Å². The number of hydrogen-bond acceptors (Lipinski definition) is 5. The Morgan fingerprint density at radius 3 is 2.18 bits per heavy atom. The topological polar surface area (TPSA) is 92.6 Å². The highest BCUT2D eigenvalue weighted by molar-refractivity contribution is 9.10. The molecule has 0 atom stereocenters. The molecule has 0 bridgehead atoms. The lowest BCUT2D eigenvalue weighted by molar-refractivity contribution is -0.116. The zero-order valence-corrected chi connectivity index (χ0v) is 21.4. The van der Waals surface area contributed by atoms with E-state index in [1.165, 1.54) is 24.0 Å². The number of aromatic nitrogens is 2. The zero-order chi connectivity index (χ0) is 24.5. The number of carbonyl (C=O) groups is 2. The van der Waals surface area contributed by atoms with Gasteiger partial charge >= 0.3 is 0 Å². The Labute approximate surface area is 202 Å². The van der Waals surface area contributed by atoms with Crippen molar-refractivity contribution in [2.75, 3.05) is 22.5 Å². The van der Waals surface area contributed by atoms with Gasteiger partial charge in [-0.1, -0.05) is 12.1 Å². The monoisotopic (exact) mass is 532 g/mol. The lowest BCUT2D eigenvalue weighted by Gasteiger charge is -2.22. The summed E-state index contributed by atoms with van der Waals surface area (Å²) >= 11 is 3.51. The Balaban J connectivity index is 1.94. The van der Waals surface area contributed by atoms with Crippen LogP contribution in [0.25, 0.3) is 0 Å². The van der Waals surface area contributed by atoms with E-state index in [2.05, 4.69) is 21.0 Å². The molecule has 0 unspecified atom stereocenters. The third-order valence-corrected chi connectivity index (χ3v) is 7.45. The highest BCUT2D eigenvalue weighted by Crippen LogP contribution is 2.25. The van der Waals surface area contributed by atoms with Crippen molar-refractivity contribution < 1.29 is 18.0 Å². The van der Waals surface area contributed by atoms with Crippen molar-refractivity contribution in [2.24, 2.45) is 0 Å². The first-order valence-corrected chi connectivity index (χ1v) is 12.7. The first kappa shape index (κ1) is 24.7. The quantitative estimate of drug-likeness (QED) is 0.479. The maximum Gasteiger partial charge on any atom is 0.272 e. The Bertz CT molecular complexity index is 1320. The third kappa shape index (κ3) is 5.33. The van der Waals surface area contributed by atoms with Crippen molar-refractivity contribution in [1.82, 2.24) is 9.78 Å². The van der Waals surface area contributed by atoms with Crippen LogP contribution in [0.4, 0.5) is 11.4 Å². The van der Waals surface area contributed by atoms with Gasteiger partial charge < -0.3 is 4.90 Å². The molecule has 0 N–H and O–H groups in total. The summed E-state index contributed by atoms with van der Waals surface area (Å²) in [6.07, 6.45) is 0.984. The average molecular weight is 533 g/mol. The van der Waals surface area contributed by atoms with Crippen molar-refractivity contribution in [3.8, 4) is 0 Å². The third-order valence-electron chi connectivity index (χ3n) is 5.26. The van der Waals surface area contributed by atoms with Gasteiger partial charge in [0.05, 0.1) is 34.3 Å². The lowest BCUT2D eigenvalue weighted by atomic mass is 10.1. The second kappa shape index (κ2) is 9.48. The van der Waals surface area contributed by atoms with E-state index in [1.807, 2.05) is 24.6 Å². The fraction of sp³-hybridized carbons (Fsp3) is 0.261. The molecule has 174 valence electrons. The molecule has 0 fully saturated rings. The maximum atomic E-state index is 13.3. The largest absolute Gasteiger partial charge is 0.316 e. The number of nitrogens with zero attached hydrogens (tertiary/aromatic N) is 4. The number of aryl methyl sites for hydroxylation is 1. The minimum Gasteiger partial charge on any atom is -0.316 e. The van der Waals surface area contributed by atoms with Gasteiger partial charge in [0.1, 0.15) is 0 Å². The number of anilines is 2. The number of sulfonamides is 1. The molecule has 8 nitrogen and oxygen atoms in total. The number of benzene rings is 2. The van der Waals surface area contributed by atoms with E-state index in [0.29, 0.717) is 12.2 Å². The van der Waals surface area contributed by atoms with Crippen molar-refractivity contribution >= 4 is 49.1 Å². The zero-order valence-electron chi connectivity index (χ0n) is 19.0. The van der Waals surface area contributed by atoms with Crippen LogP contribution >= 0.6 is 15.9 Å². The summed E-state index contributed by atoms with van der Waals surface area (Å²) in [6, 6.07) is 13.0. The summed E-state index contributed by atoms with van der Waals surface area (Å²) in [6.45, 7) is 5.71. The van der Waals surface area contributed by atoms with E-state index in [4.69, 9.17) is 0 Å². The highest BCUT2D eigenvalue weighted by atomic mass is 79.9. The molecule has 0 aliphatic heterocycles. The predicted octanol–water partition coefficient (Wildman–Crippen LogP) is 3.90. The van der Waals surface area contributed by atoms with Gasteiger partial charge in [0.25, 0.3) is 5.91 Å². The molecule has 0 aliphatic carbocycles. The van der Waals surface area contributed by atoms with E-state index < -0.39 is 15.9 Å². The van der Waals surface area contributed by atoms with Crippen molar-refractivity contribution in [3.05, 3.63) is 75.5 Å². The van der Waals surface area contributed by atoms with Gasteiger partial charge in [-0.3, -0.25) is 14.3 Å². The summed E-state index contributed by atoms with van der Waals surface area (Å²) in [7, 11) is -2.30. The first-order valence-electron chi connectivity index (χ1n) is 10.1. The Kier molecular flexibility index (Phi) is 7.08. The molecular formula is C23H25BrN4O4S. The summed E-state index contributed by atoms with van der Waals surface area (Å²) in [5, 5.41) is 4.49. The molecule has 33 heavy (non-hydrogen) atoms. The summed E-state index contributed by atoms with van der Waals surface area (Å²) in [4.78, 5) is 26.3. The number of carbonyl (C=O) groups excluding carboxylic acids is 2. The summed E-state index contributed by atoms with van der Waals surface area (Å²) in [5.41, 5.74) is 3.65. The molecule has 0 aliphatic rings. The molecule has 0 saturated carbocycles. The summed E-state index contributed by atoms with van der Waals surface area (Å²) < 4.78 is 28.6. The molecule has 3 rings (SSSR count). The molecule has 2 amide bonds. The molecule has 1 aromatic heterocycles. The number of rotatable bonds is 6. The fourth-order valence-electron chi connectivity index (χ4n) is 3.37. The molecule has 2 aromatic carbocycles. The van der Waals surface area contributed by atoms with Crippen LogP contribution in [0.1, 0.15) is 34.2 Å². The molecule has 3 aromatic rings. The van der Waals surface area contributed by atoms with E-state index in [9.17, 15) is 18.0 Å². The second-order valence-corrected chi connectivity index (χ2v) is 10.4. The van der Waals surface area contributed by atoms with Gasteiger partial charge in [0.15, 0.2) is 0 Å².